The van der Waals surface area contributed by atoms with Gasteiger partial charge in [-0.15, -0.1) is 0 Å². The fraction of sp³-hybridized carbons (Fsp3) is 0.125. The van der Waals surface area contributed by atoms with E-state index in [0.717, 1.165) is 28.6 Å². The number of esters is 1. The van der Waals surface area contributed by atoms with Crippen molar-refractivity contribution in [2.24, 2.45) is 0 Å². The Bertz CT molecular complexity index is 2070. The van der Waals surface area contributed by atoms with E-state index in [4.69, 9.17) is 9.47 Å². The van der Waals surface area contributed by atoms with Crippen LogP contribution in [0.25, 0.3) is 33.2 Å². The standard InChI is InChI=1S/C32H24F2N4O6S/c1-43-32-27(38-45(41,42)29-10-5-21(33)16-25(29)34)15-20(17-36-32)19-4-8-26-24(14-19)23(12-13-35-26)18-2-6-22(7-3-18)37-31(40)28-9-11-30(39)44-28/h2-8,10,12-17,28,38H,9,11H2,1H3,(H,37,40). The molecule has 1 unspecified atom stereocenters. The van der Waals surface area contributed by atoms with Gasteiger partial charge in [0.05, 0.1) is 12.6 Å². The summed E-state index contributed by atoms with van der Waals surface area (Å²) < 4.78 is 66.2. The van der Waals surface area contributed by atoms with E-state index in [1.54, 1.807) is 24.4 Å². The number of halogens is 2. The molecule has 1 saturated heterocycles. The fourth-order valence-electron chi connectivity index (χ4n) is 4.98. The van der Waals surface area contributed by atoms with Crippen LogP contribution in [0.1, 0.15) is 12.8 Å². The molecule has 1 fully saturated rings. The van der Waals surface area contributed by atoms with Crippen LogP contribution in [0, 0.1) is 11.6 Å². The summed E-state index contributed by atoms with van der Waals surface area (Å²) in [6.07, 6.45) is 2.95. The Kier molecular flexibility index (Phi) is 7.85. The molecule has 0 bridgehead atoms. The number of amides is 1. The zero-order valence-electron chi connectivity index (χ0n) is 23.6. The van der Waals surface area contributed by atoms with Crippen LogP contribution in [-0.2, 0) is 24.3 Å². The van der Waals surface area contributed by atoms with E-state index < -0.39 is 38.6 Å². The normalized spacial score (nSPS) is 14.6. The topological polar surface area (TPSA) is 137 Å². The maximum absolute atomic E-state index is 14.3. The number of benzene rings is 3. The van der Waals surface area contributed by atoms with Crippen molar-refractivity contribution in [1.29, 1.82) is 0 Å². The SMILES string of the molecule is COc1ncc(-c2ccc3nccc(-c4ccc(NC(=O)C5CCC(=O)O5)cc4)c3c2)cc1NS(=O)(=O)c1ccc(F)cc1F. The Morgan fingerprint density at radius 1 is 0.956 bits per heavy atom. The van der Waals surface area contributed by atoms with Gasteiger partial charge in [0.15, 0.2) is 6.10 Å². The molecule has 45 heavy (non-hydrogen) atoms. The lowest BCUT2D eigenvalue weighted by molar-refractivity contribution is -0.146. The number of sulfonamides is 1. The Morgan fingerprint density at radius 3 is 2.44 bits per heavy atom. The van der Waals surface area contributed by atoms with E-state index in [9.17, 15) is 26.8 Å². The van der Waals surface area contributed by atoms with Gasteiger partial charge in [-0.25, -0.2) is 22.2 Å². The molecule has 2 N–H and O–H groups in total. The second-order valence-corrected chi connectivity index (χ2v) is 11.8. The van der Waals surface area contributed by atoms with E-state index in [-0.39, 0.29) is 23.9 Å². The number of aromatic nitrogens is 2. The number of nitrogens with one attached hydrogen (secondary N) is 2. The number of anilines is 2. The quantitative estimate of drug-likeness (QED) is 0.209. The lowest BCUT2D eigenvalue weighted by Gasteiger charge is -2.14. The summed E-state index contributed by atoms with van der Waals surface area (Å²) in [5.41, 5.74) is 4.09. The van der Waals surface area contributed by atoms with E-state index >= 15 is 0 Å². The first-order valence-corrected chi connectivity index (χ1v) is 15.1. The van der Waals surface area contributed by atoms with Crippen molar-refractivity contribution in [3.63, 3.8) is 0 Å². The summed E-state index contributed by atoms with van der Waals surface area (Å²) >= 11 is 0. The van der Waals surface area contributed by atoms with Crippen molar-refractivity contribution in [2.75, 3.05) is 17.1 Å². The highest BCUT2D eigenvalue weighted by molar-refractivity contribution is 7.92. The number of cyclic esters (lactones) is 1. The van der Waals surface area contributed by atoms with Crippen molar-refractivity contribution < 1.29 is 36.3 Å². The number of hydrogen-bond donors (Lipinski definition) is 2. The monoisotopic (exact) mass is 630 g/mol. The van der Waals surface area contributed by atoms with E-state index in [1.807, 2.05) is 30.3 Å². The van der Waals surface area contributed by atoms with Crippen molar-refractivity contribution in [1.82, 2.24) is 9.97 Å². The van der Waals surface area contributed by atoms with Crippen molar-refractivity contribution in [3.05, 3.63) is 96.8 Å². The van der Waals surface area contributed by atoms with Crippen LogP contribution >= 0.6 is 0 Å². The van der Waals surface area contributed by atoms with Gasteiger partial charge in [0.2, 0.25) is 5.88 Å². The van der Waals surface area contributed by atoms with Gasteiger partial charge in [-0.3, -0.25) is 19.3 Å². The van der Waals surface area contributed by atoms with Crippen LogP contribution < -0.4 is 14.8 Å². The van der Waals surface area contributed by atoms with Crippen LogP contribution in [0.5, 0.6) is 5.88 Å². The average molecular weight is 631 g/mol. The minimum absolute atomic E-state index is 0.0461. The van der Waals surface area contributed by atoms with E-state index in [0.29, 0.717) is 34.8 Å². The molecule has 0 saturated carbocycles. The van der Waals surface area contributed by atoms with E-state index in [1.165, 1.54) is 19.4 Å². The molecule has 0 radical (unpaired) electrons. The van der Waals surface area contributed by atoms with Crippen LogP contribution in [0.4, 0.5) is 20.2 Å². The van der Waals surface area contributed by atoms with Crippen molar-refractivity contribution in [2.45, 2.75) is 23.8 Å². The molecular formula is C32H24F2N4O6S. The second kappa shape index (κ2) is 11.9. The highest BCUT2D eigenvalue weighted by Gasteiger charge is 2.29. The Morgan fingerprint density at radius 2 is 1.73 bits per heavy atom. The van der Waals surface area contributed by atoms with Gasteiger partial charge in [0.1, 0.15) is 22.2 Å². The summed E-state index contributed by atoms with van der Waals surface area (Å²) in [4.78, 5) is 31.7. The molecule has 1 aliphatic heterocycles. The number of carbonyl (C=O) groups excluding carboxylic acids is 2. The van der Waals surface area contributed by atoms with E-state index in [2.05, 4.69) is 20.0 Å². The summed E-state index contributed by atoms with van der Waals surface area (Å²) in [5, 5.41) is 3.55. The molecule has 0 spiro atoms. The number of methoxy groups -OCH3 is 1. The number of hydrogen-bond acceptors (Lipinski definition) is 8. The fourth-order valence-corrected chi connectivity index (χ4v) is 6.09. The predicted molar refractivity (Wildman–Crippen MR) is 162 cm³/mol. The minimum Gasteiger partial charge on any atom is -0.480 e. The minimum atomic E-state index is -4.46. The third-order valence-corrected chi connectivity index (χ3v) is 8.59. The van der Waals surface area contributed by atoms with Crippen LogP contribution in [0.3, 0.4) is 0 Å². The third-order valence-electron chi connectivity index (χ3n) is 7.19. The highest BCUT2D eigenvalue weighted by atomic mass is 32.2. The molecule has 2 aromatic heterocycles. The van der Waals surface area contributed by atoms with Gasteiger partial charge in [0, 0.05) is 47.9 Å². The van der Waals surface area contributed by atoms with Gasteiger partial charge < -0.3 is 14.8 Å². The Labute approximate surface area is 256 Å². The van der Waals surface area contributed by atoms with Gasteiger partial charge in [-0.05, 0) is 65.2 Å². The maximum atomic E-state index is 14.3. The smallest absolute Gasteiger partial charge is 0.306 e. The number of pyridine rings is 2. The number of rotatable bonds is 8. The van der Waals surface area contributed by atoms with Crippen molar-refractivity contribution >= 4 is 44.2 Å². The number of ether oxygens (including phenoxy) is 2. The first-order chi connectivity index (χ1) is 21.6. The number of carbonyl (C=O) groups is 2. The van der Waals surface area contributed by atoms with Gasteiger partial charge >= 0.3 is 5.97 Å². The zero-order valence-corrected chi connectivity index (χ0v) is 24.4. The van der Waals surface area contributed by atoms with Gasteiger partial charge in [0.25, 0.3) is 15.9 Å². The Hall–Kier alpha value is -5.43. The molecule has 3 heterocycles. The van der Waals surface area contributed by atoms with Gasteiger partial charge in [-0.1, -0.05) is 18.2 Å². The zero-order chi connectivity index (χ0) is 31.7. The average Bonchev–Trinajstić information content (AvgIpc) is 3.47. The molecule has 228 valence electrons. The Balaban J connectivity index is 1.30. The molecule has 10 nitrogen and oxygen atoms in total. The molecule has 1 amide bonds. The molecular weight excluding hydrogens is 606 g/mol. The largest absolute Gasteiger partial charge is 0.480 e. The first-order valence-electron chi connectivity index (χ1n) is 13.6. The molecule has 1 atom stereocenters. The lowest BCUT2D eigenvalue weighted by Crippen LogP contribution is -2.27. The van der Waals surface area contributed by atoms with Crippen molar-refractivity contribution in [3.8, 4) is 28.1 Å². The van der Waals surface area contributed by atoms with Crippen LogP contribution in [0.2, 0.25) is 0 Å². The highest BCUT2D eigenvalue weighted by Crippen LogP contribution is 2.35. The second-order valence-electron chi connectivity index (χ2n) is 10.1. The third kappa shape index (κ3) is 6.15. The molecule has 5 aromatic rings. The summed E-state index contributed by atoms with van der Waals surface area (Å²) in [5.74, 6) is -2.97. The molecule has 1 aliphatic rings. The number of nitrogens with zero attached hydrogens (tertiary/aromatic N) is 2. The molecule has 0 aliphatic carbocycles. The molecule has 13 heteroatoms. The summed E-state index contributed by atoms with van der Waals surface area (Å²) in [6, 6.07) is 18.2. The maximum Gasteiger partial charge on any atom is 0.306 e. The predicted octanol–water partition coefficient (Wildman–Crippen LogP) is 5.70. The lowest BCUT2D eigenvalue weighted by atomic mass is 9.97. The summed E-state index contributed by atoms with van der Waals surface area (Å²) in [7, 11) is -3.15. The molecule has 6 rings (SSSR count). The summed E-state index contributed by atoms with van der Waals surface area (Å²) in [6.45, 7) is 0. The molecule has 3 aromatic carbocycles. The van der Waals surface area contributed by atoms with Gasteiger partial charge in [-0.2, -0.15) is 0 Å². The van der Waals surface area contributed by atoms with Crippen LogP contribution in [-0.4, -0.2) is 43.5 Å². The number of fused-ring (bicyclic) bond motifs is 1. The first kappa shape index (κ1) is 29.6. The van der Waals surface area contributed by atoms with Crippen LogP contribution in [0.15, 0.2) is 90.1 Å².